The largest absolute Gasteiger partial charge is 0.481 e. The molecule has 1 amide bonds. The average Bonchev–Trinajstić information content (AvgIpc) is 2.98. The topological polar surface area (TPSA) is 84.2 Å². The number of rotatable bonds is 10. The summed E-state index contributed by atoms with van der Waals surface area (Å²) in [4.78, 5) is 22.8. The van der Waals surface area contributed by atoms with Crippen molar-refractivity contribution in [3.8, 4) is 5.69 Å². The van der Waals surface area contributed by atoms with Crippen LogP contribution >= 0.6 is 0 Å². The monoisotopic (exact) mass is 357 g/mol. The number of benzene rings is 1. The van der Waals surface area contributed by atoms with E-state index in [0.717, 1.165) is 49.0 Å². The first-order chi connectivity index (χ1) is 12.5. The number of unbranched alkanes of at least 4 members (excludes halogenated alkanes) is 4. The third-order valence-corrected chi connectivity index (χ3v) is 4.35. The number of hydrogen-bond acceptors (Lipinski definition) is 3. The van der Waals surface area contributed by atoms with E-state index >= 15 is 0 Å². The van der Waals surface area contributed by atoms with E-state index in [-0.39, 0.29) is 12.3 Å². The Balaban J connectivity index is 1.77. The van der Waals surface area contributed by atoms with Gasteiger partial charge < -0.3 is 10.4 Å². The van der Waals surface area contributed by atoms with Gasteiger partial charge in [0.1, 0.15) is 0 Å². The second-order valence-corrected chi connectivity index (χ2v) is 6.56. The van der Waals surface area contributed by atoms with Crippen molar-refractivity contribution in [1.29, 1.82) is 0 Å². The molecule has 1 heterocycles. The van der Waals surface area contributed by atoms with Crippen LogP contribution in [0.2, 0.25) is 0 Å². The van der Waals surface area contributed by atoms with E-state index in [0.29, 0.717) is 12.1 Å². The number of carboxylic acids is 1. The quantitative estimate of drug-likeness (QED) is 0.636. The number of aryl methyl sites for hydroxylation is 1. The Kier molecular flexibility index (Phi) is 7.38. The maximum Gasteiger partial charge on any atom is 0.303 e. The van der Waals surface area contributed by atoms with Gasteiger partial charge in [0.05, 0.1) is 23.1 Å². The Hall–Kier alpha value is -2.63. The Morgan fingerprint density at radius 1 is 1.12 bits per heavy atom. The molecule has 26 heavy (non-hydrogen) atoms. The lowest BCUT2D eigenvalue weighted by molar-refractivity contribution is -0.137. The number of nitrogens with one attached hydrogen (secondary N) is 1. The molecule has 0 atom stereocenters. The van der Waals surface area contributed by atoms with Gasteiger partial charge in [-0.1, -0.05) is 31.4 Å². The smallest absolute Gasteiger partial charge is 0.303 e. The van der Waals surface area contributed by atoms with Gasteiger partial charge in [-0.15, -0.1) is 0 Å². The fourth-order valence-corrected chi connectivity index (χ4v) is 2.88. The van der Waals surface area contributed by atoms with Crippen molar-refractivity contribution in [2.45, 2.75) is 52.4 Å². The summed E-state index contributed by atoms with van der Waals surface area (Å²) in [6, 6.07) is 8.00. The fraction of sp³-hybridized carbons (Fsp3) is 0.450. The molecule has 0 spiro atoms. The third kappa shape index (κ3) is 5.72. The normalized spacial score (nSPS) is 10.7. The number of aromatic nitrogens is 2. The van der Waals surface area contributed by atoms with Crippen LogP contribution in [-0.2, 0) is 4.79 Å². The molecule has 0 unspecified atom stereocenters. The molecule has 0 fully saturated rings. The summed E-state index contributed by atoms with van der Waals surface area (Å²) in [6.45, 7) is 4.54. The molecule has 0 saturated heterocycles. The summed E-state index contributed by atoms with van der Waals surface area (Å²) in [5.41, 5.74) is 3.50. The molecule has 6 nitrogen and oxygen atoms in total. The van der Waals surface area contributed by atoms with Crippen LogP contribution < -0.4 is 5.32 Å². The highest BCUT2D eigenvalue weighted by atomic mass is 16.4. The van der Waals surface area contributed by atoms with Crippen LogP contribution in [0.25, 0.3) is 5.69 Å². The molecule has 0 aliphatic carbocycles. The van der Waals surface area contributed by atoms with Crippen molar-refractivity contribution in [2.24, 2.45) is 0 Å². The molecule has 2 N–H and O–H groups in total. The Morgan fingerprint density at radius 3 is 2.58 bits per heavy atom. The SMILES string of the molecule is Cc1cccc(-n2ncc(C(=O)NCCCCCCCC(=O)O)c2C)c1. The van der Waals surface area contributed by atoms with Gasteiger partial charge in [0.25, 0.3) is 5.91 Å². The van der Waals surface area contributed by atoms with Crippen LogP contribution in [0.5, 0.6) is 0 Å². The minimum Gasteiger partial charge on any atom is -0.481 e. The Labute approximate surface area is 154 Å². The van der Waals surface area contributed by atoms with E-state index in [2.05, 4.69) is 10.4 Å². The first-order valence-corrected chi connectivity index (χ1v) is 9.10. The van der Waals surface area contributed by atoms with Gasteiger partial charge in [0.2, 0.25) is 0 Å². The van der Waals surface area contributed by atoms with Crippen molar-refractivity contribution in [1.82, 2.24) is 15.1 Å². The molecule has 0 aliphatic rings. The van der Waals surface area contributed by atoms with E-state index in [4.69, 9.17) is 5.11 Å². The summed E-state index contributed by atoms with van der Waals surface area (Å²) >= 11 is 0. The molecule has 0 bridgehead atoms. The summed E-state index contributed by atoms with van der Waals surface area (Å²) in [5.74, 6) is -0.842. The van der Waals surface area contributed by atoms with Crippen LogP contribution in [0.4, 0.5) is 0 Å². The highest BCUT2D eigenvalue weighted by molar-refractivity contribution is 5.95. The van der Waals surface area contributed by atoms with Gasteiger partial charge in [-0.25, -0.2) is 4.68 Å². The van der Waals surface area contributed by atoms with E-state index < -0.39 is 5.97 Å². The van der Waals surface area contributed by atoms with Crippen molar-refractivity contribution in [3.05, 3.63) is 47.3 Å². The number of hydrogen-bond donors (Lipinski definition) is 2. The zero-order valence-corrected chi connectivity index (χ0v) is 15.5. The summed E-state index contributed by atoms with van der Waals surface area (Å²) in [5, 5.41) is 15.9. The molecule has 0 radical (unpaired) electrons. The predicted octanol–water partition coefficient (Wildman–Crippen LogP) is 3.64. The van der Waals surface area contributed by atoms with Crippen LogP contribution in [0.15, 0.2) is 30.5 Å². The fourth-order valence-electron chi connectivity index (χ4n) is 2.88. The van der Waals surface area contributed by atoms with Gasteiger partial charge in [0.15, 0.2) is 0 Å². The summed E-state index contributed by atoms with van der Waals surface area (Å²) in [7, 11) is 0. The predicted molar refractivity (Wildman–Crippen MR) is 101 cm³/mol. The zero-order chi connectivity index (χ0) is 18.9. The van der Waals surface area contributed by atoms with E-state index in [9.17, 15) is 9.59 Å². The molecule has 0 saturated carbocycles. The lowest BCUT2D eigenvalue weighted by Gasteiger charge is -2.07. The number of carbonyl (C=O) groups is 2. The minimum atomic E-state index is -0.737. The molecule has 1 aromatic carbocycles. The van der Waals surface area contributed by atoms with Crippen LogP contribution in [0.1, 0.15) is 60.1 Å². The van der Waals surface area contributed by atoms with Crippen LogP contribution in [0.3, 0.4) is 0 Å². The van der Waals surface area contributed by atoms with E-state index in [1.165, 1.54) is 0 Å². The molecule has 2 aromatic rings. The maximum atomic E-state index is 12.4. The molecular formula is C20H27N3O3. The van der Waals surface area contributed by atoms with Crippen LogP contribution in [0, 0.1) is 13.8 Å². The van der Waals surface area contributed by atoms with Crippen LogP contribution in [-0.4, -0.2) is 33.3 Å². The zero-order valence-electron chi connectivity index (χ0n) is 15.5. The highest BCUT2D eigenvalue weighted by Gasteiger charge is 2.14. The Morgan fingerprint density at radius 2 is 1.85 bits per heavy atom. The lowest BCUT2D eigenvalue weighted by atomic mass is 10.1. The summed E-state index contributed by atoms with van der Waals surface area (Å²) < 4.78 is 1.78. The first-order valence-electron chi connectivity index (χ1n) is 9.10. The second kappa shape index (κ2) is 9.75. The van der Waals surface area contributed by atoms with Gasteiger partial charge >= 0.3 is 5.97 Å². The van der Waals surface area contributed by atoms with E-state index in [1.807, 2.05) is 38.1 Å². The number of aliphatic carboxylic acids is 1. The number of carbonyl (C=O) groups excluding carboxylic acids is 1. The molecule has 0 aliphatic heterocycles. The van der Waals surface area contributed by atoms with Gasteiger partial charge in [-0.3, -0.25) is 9.59 Å². The van der Waals surface area contributed by atoms with Crippen molar-refractivity contribution >= 4 is 11.9 Å². The standard InChI is InChI=1S/C20H27N3O3/c1-15-9-8-10-17(13-15)23-16(2)18(14-22-23)20(26)21-12-7-5-3-4-6-11-19(24)25/h8-10,13-14H,3-7,11-12H2,1-2H3,(H,21,26)(H,24,25). The molecule has 1 aromatic heterocycles. The van der Waals surface area contributed by atoms with Crippen molar-refractivity contribution in [3.63, 3.8) is 0 Å². The minimum absolute atomic E-state index is 0.104. The molecule has 2 rings (SSSR count). The van der Waals surface area contributed by atoms with Gasteiger partial charge in [-0.2, -0.15) is 5.10 Å². The number of nitrogens with zero attached hydrogens (tertiary/aromatic N) is 2. The maximum absolute atomic E-state index is 12.4. The first kappa shape index (κ1) is 19.7. The molecular weight excluding hydrogens is 330 g/mol. The Bertz CT molecular complexity index is 753. The summed E-state index contributed by atoms with van der Waals surface area (Å²) in [6.07, 6.45) is 6.36. The average molecular weight is 357 g/mol. The number of amides is 1. The van der Waals surface area contributed by atoms with Crippen molar-refractivity contribution < 1.29 is 14.7 Å². The number of carboxylic acid groups (broad SMARTS) is 1. The third-order valence-electron chi connectivity index (χ3n) is 4.35. The molecule has 140 valence electrons. The lowest BCUT2D eigenvalue weighted by Crippen LogP contribution is -2.24. The highest BCUT2D eigenvalue weighted by Crippen LogP contribution is 2.15. The van der Waals surface area contributed by atoms with Gasteiger partial charge in [-0.05, 0) is 44.4 Å². The van der Waals surface area contributed by atoms with E-state index in [1.54, 1.807) is 10.9 Å². The molecule has 6 heteroatoms. The van der Waals surface area contributed by atoms with Crippen molar-refractivity contribution in [2.75, 3.05) is 6.54 Å². The second-order valence-electron chi connectivity index (χ2n) is 6.56. The van der Waals surface area contributed by atoms with Gasteiger partial charge in [0, 0.05) is 13.0 Å².